The van der Waals surface area contributed by atoms with Crippen LogP contribution >= 0.6 is 0 Å². The molecule has 11 heteroatoms. The molecule has 15 atom stereocenters. The summed E-state index contributed by atoms with van der Waals surface area (Å²) in [6.07, 6.45) is -4.96. The van der Waals surface area contributed by atoms with E-state index in [2.05, 4.69) is 4.90 Å². The van der Waals surface area contributed by atoms with Gasteiger partial charge in [0, 0.05) is 81.9 Å². The Balaban J connectivity index is 1.48. The molecule has 42 heavy (non-hydrogen) atoms. The summed E-state index contributed by atoms with van der Waals surface area (Å²) < 4.78 is 30.3. The SMILES string of the molecule is COCC12CN(C)[C@@H]3C4C(OC)[C@H]1C3(C(OC)CC2O)[C@@H]1C[C@H]2C(OC(=O)c3ccccc3)[C@]1(O)[C@]4(O)C(O)[C@@H]2OC. The fraction of sp³-hybridized carbons (Fsp3) is 0.774. The zero-order valence-electron chi connectivity index (χ0n) is 24.8. The lowest BCUT2D eigenvalue weighted by Crippen LogP contribution is -2.86. The van der Waals surface area contributed by atoms with Gasteiger partial charge in [0.05, 0.1) is 36.6 Å². The van der Waals surface area contributed by atoms with Crippen LogP contribution in [0.1, 0.15) is 23.2 Å². The first-order valence-electron chi connectivity index (χ1n) is 14.9. The van der Waals surface area contributed by atoms with E-state index in [1.54, 1.807) is 51.7 Å². The highest BCUT2D eigenvalue weighted by molar-refractivity contribution is 5.89. The van der Waals surface area contributed by atoms with Crippen LogP contribution in [0, 0.1) is 34.5 Å². The maximum Gasteiger partial charge on any atom is 0.338 e. The molecule has 1 aromatic rings. The summed E-state index contributed by atoms with van der Waals surface area (Å²) in [7, 11) is 8.22. The van der Waals surface area contributed by atoms with Crippen molar-refractivity contribution >= 4 is 5.97 Å². The van der Waals surface area contributed by atoms with Gasteiger partial charge in [0.2, 0.25) is 0 Å². The predicted octanol–water partition coefficient (Wildman–Crippen LogP) is -0.313. The number of fused-ring (bicyclic) bond motifs is 2. The second-order valence-corrected chi connectivity index (χ2v) is 13.6. The number of aliphatic hydroxyl groups is 4. The van der Waals surface area contributed by atoms with Crippen molar-refractivity contribution in [2.75, 3.05) is 48.6 Å². The molecule has 4 N–H and O–H groups in total. The summed E-state index contributed by atoms with van der Waals surface area (Å²) in [6, 6.07) is 8.16. The smallest absolute Gasteiger partial charge is 0.338 e. The molecule has 6 fully saturated rings. The summed E-state index contributed by atoms with van der Waals surface area (Å²) in [5.41, 5.74) is -5.54. The highest BCUT2D eigenvalue weighted by Crippen LogP contribution is 2.80. The Kier molecular flexibility index (Phi) is 6.52. The zero-order chi connectivity index (χ0) is 30.0. The first-order valence-corrected chi connectivity index (χ1v) is 14.9. The van der Waals surface area contributed by atoms with Gasteiger partial charge < -0.3 is 49.0 Å². The monoisotopic (exact) mass is 589 g/mol. The molecule has 5 aliphatic carbocycles. The average molecular weight is 590 g/mol. The number of rotatable bonds is 7. The molecule has 232 valence electrons. The molecular weight excluding hydrogens is 546 g/mol. The third-order valence-electron chi connectivity index (χ3n) is 12.7. The van der Waals surface area contributed by atoms with E-state index < -0.39 is 88.3 Å². The standard InChI is InChI=1S/C31H43NO10/c1-32-13-28(14-38-2)18(33)12-19(39-3)29-17-11-16-21(40-4)25(34)31(37,20(24(29)32)22(41-5)23(28)29)30(17,36)26(16)42-27(35)15-9-7-6-8-10-15/h6-10,16-26,33-34,36-37H,11-14H2,1-5H3/t16-,17+,18?,19?,20?,21-,22?,23-,24-,25?,26?,28?,29?,30+,31-/m1/s1. The molecule has 11 nitrogen and oxygen atoms in total. The zero-order valence-corrected chi connectivity index (χ0v) is 24.8. The average Bonchev–Trinajstić information content (AvgIpc) is 3.38. The van der Waals surface area contributed by atoms with Gasteiger partial charge in [-0.25, -0.2) is 4.79 Å². The van der Waals surface area contributed by atoms with Gasteiger partial charge in [0.15, 0.2) is 0 Å². The van der Waals surface area contributed by atoms with E-state index >= 15 is 0 Å². The minimum atomic E-state index is -2.18. The summed E-state index contributed by atoms with van der Waals surface area (Å²) >= 11 is 0. The minimum absolute atomic E-state index is 0.239. The Hall–Kier alpha value is -1.67. The number of carbonyl (C=O) groups is 1. The van der Waals surface area contributed by atoms with Crippen LogP contribution in [0.4, 0.5) is 0 Å². The van der Waals surface area contributed by atoms with Gasteiger partial charge in [-0.2, -0.15) is 0 Å². The Bertz CT molecular complexity index is 1240. The second-order valence-electron chi connectivity index (χ2n) is 13.6. The molecule has 5 saturated carbocycles. The second kappa shape index (κ2) is 9.42. The van der Waals surface area contributed by atoms with Gasteiger partial charge >= 0.3 is 5.97 Å². The van der Waals surface area contributed by atoms with Crippen LogP contribution in [0.5, 0.6) is 0 Å². The van der Waals surface area contributed by atoms with Crippen LogP contribution in [0.3, 0.4) is 0 Å². The summed E-state index contributed by atoms with van der Waals surface area (Å²) in [4.78, 5) is 15.6. The Labute approximate surface area is 245 Å². The molecule has 0 aromatic heterocycles. The van der Waals surface area contributed by atoms with Gasteiger partial charge in [-0.15, -0.1) is 0 Å². The number of methoxy groups -OCH3 is 4. The fourth-order valence-corrected chi connectivity index (χ4v) is 11.8. The van der Waals surface area contributed by atoms with Crippen LogP contribution < -0.4 is 0 Å². The fourth-order valence-electron chi connectivity index (χ4n) is 11.8. The van der Waals surface area contributed by atoms with Gasteiger partial charge in [-0.3, -0.25) is 0 Å². The number of ether oxygens (including phenoxy) is 5. The molecule has 6 aliphatic rings. The third-order valence-corrected chi connectivity index (χ3v) is 12.7. The van der Waals surface area contributed by atoms with Crippen molar-refractivity contribution in [3.05, 3.63) is 35.9 Å². The number of likely N-dealkylation sites (tertiary alicyclic amines) is 1. The number of aliphatic hydroxyl groups excluding tert-OH is 2. The molecule has 1 spiro atoms. The van der Waals surface area contributed by atoms with E-state index in [0.717, 1.165) is 0 Å². The maximum absolute atomic E-state index is 13.5. The number of carbonyl (C=O) groups excluding carboxylic acids is 1. The topological polar surface area (TPSA) is 147 Å². The van der Waals surface area contributed by atoms with E-state index in [0.29, 0.717) is 24.9 Å². The van der Waals surface area contributed by atoms with Crippen molar-refractivity contribution in [1.29, 1.82) is 0 Å². The van der Waals surface area contributed by atoms with Gasteiger partial charge in [-0.1, -0.05) is 18.2 Å². The molecule has 1 aliphatic heterocycles. The number of esters is 1. The van der Waals surface area contributed by atoms with E-state index in [-0.39, 0.29) is 12.6 Å². The maximum atomic E-state index is 13.5. The summed E-state index contributed by atoms with van der Waals surface area (Å²) in [5.74, 6) is -3.14. The molecular formula is C31H43NO10. The van der Waals surface area contributed by atoms with Crippen LogP contribution in [0.25, 0.3) is 0 Å². The largest absolute Gasteiger partial charge is 0.455 e. The Morgan fingerprint density at radius 1 is 0.976 bits per heavy atom. The molecule has 1 saturated heterocycles. The number of nitrogens with zero attached hydrogens (tertiary/aromatic N) is 1. The molecule has 1 aromatic carbocycles. The number of hydrogen-bond donors (Lipinski definition) is 4. The number of benzene rings is 1. The Morgan fingerprint density at radius 2 is 1.67 bits per heavy atom. The van der Waals surface area contributed by atoms with E-state index in [4.69, 9.17) is 23.7 Å². The highest BCUT2D eigenvalue weighted by atomic mass is 16.6. The van der Waals surface area contributed by atoms with E-state index in [1.165, 1.54) is 7.11 Å². The predicted molar refractivity (Wildman–Crippen MR) is 146 cm³/mol. The summed E-state index contributed by atoms with van der Waals surface area (Å²) in [5, 5.41) is 50.1. The lowest BCUT2D eigenvalue weighted by atomic mass is 9.41. The normalized spacial score (nSPS) is 53.7. The molecule has 7 rings (SSSR count). The molecule has 8 unspecified atom stereocenters. The van der Waals surface area contributed by atoms with Gasteiger partial charge in [-0.05, 0) is 25.6 Å². The minimum Gasteiger partial charge on any atom is -0.455 e. The lowest BCUT2D eigenvalue weighted by Gasteiger charge is -2.71. The van der Waals surface area contributed by atoms with Crippen LogP contribution in [0.2, 0.25) is 0 Å². The van der Waals surface area contributed by atoms with Crippen molar-refractivity contribution in [3.63, 3.8) is 0 Å². The quantitative estimate of drug-likeness (QED) is 0.311. The first kappa shape index (κ1) is 29.1. The van der Waals surface area contributed by atoms with Crippen molar-refractivity contribution in [2.24, 2.45) is 34.5 Å². The van der Waals surface area contributed by atoms with Crippen molar-refractivity contribution in [1.82, 2.24) is 4.90 Å². The Morgan fingerprint density at radius 3 is 2.29 bits per heavy atom. The molecule has 0 radical (unpaired) electrons. The van der Waals surface area contributed by atoms with E-state index in [1.807, 2.05) is 7.05 Å². The summed E-state index contributed by atoms with van der Waals surface area (Å²) in [6.45, 7) is 0.718. The third kappa shape index (κ3) is 2.96. The highest BCUT2D eigenvalue weighted by Gasteiger charge is 2.93. The number of piperidine rings is 1. The first-order chi connectivity index (χ1) is 20.0. The molecule has 0 amide bonds. The van der Waals surface area contributed by atoms with E-state index in [9.17, 15) is 25.2 Å². The van der Waals surface area contributed by atoms with Crippen molar-refractivity contribution in [3.8, 4) is 0 Å². The van der Waals surface area contributed by atoms with Gasteiger partial charge in [0.1, 0.15) is 23.4 Å². The van der Waals surface area contributed by atoms with Crippen LogP contribution in [-0.4, -0.2) is 134 Å². The van der Waals surface area contributed by atoms with Gasteiger partial charge in [0.25, 0.3) is 0 Å². The van der Waals surface area contributed by atoms with Crippen molar-refractivity contribution < 1.29 is 48.9 Å². The molecule has 7 bridgehead atoms. The van der Waals surface area contributed by atoms with Crippen LogP contribution in [-0.2, 0) is 23.7 Å². The number of hydrogen-bond acceptors (Lipinski definition) is 11. The van der Waals surface area contributed by atoms with Crippen LogP contribution in [0.15, 0.2) is 30.3 Å². The lowest BCUT2D eigenvalue weighted by molar-refractivity contribution is -0.360. The van der Waals surface area contributed by atoms with Crippen molar-refractivity contribution in [2.45, 2.75) is 66.7 Å². The molecule has 1 heterocycles.